The molecule has 28 heavy (non-hydrogen) atoms. The van der Waals surface area contributed by atoms with E-state index in [1.807, 2.05) is 53.6 Å². The number of aryl methyl sites for hydroxylation is 2. The van der Waals surface area contributed by atoms with Gasteiger partial charge in [-0.05, 0) is 53.5 Å². The van der Waals surface area contributed by atoms with Crippen LogP contribution < -0.4 is 9.64 Å². The molecule has 1 amide bonds. The van der Waals surface area contributed by atoms with E-state index in [4.69, 9.17) is 4.74 Å². The van der Waals surface area contributed by atoms with Crippen LogP contribution in [0.2, 0.25) is 0 Å². The van der Waals surface area contributed by atoms with E-state index >= 15 is 0 Å². The minimum atomic E-state index is 0.0298. The molecule has 3 aromatic rings. The lowest BCUT2D eigenvalue weighted by Gasteiger charge is -2.36. The molecule has 0 aliphatic carbocycles. The first kappa shape index (κ1) is 18.8. The van der Waals surface area contributed by atoms with Crippen LogP contribution >= 0.6 is 15.9 Å². The fraction of sp³-hybridized carbons (Fsp3) is 0.333. The molecule has 2 aromatic heterocycles. The number of carbonyl (C=O) groups excluding carboxylic acids is 1. The second kappa shape index (κ2) is 7.47. The summed E-state index contributed by atoms with van der Waals surface area (Å²) >= 11 is 3.53. The molecule has 1 aliphatic heterocycles. The van der Waals surface area contributed by atoms with Gasteiger partial charge in [0, 0.05) is 36.8 Å². The summed E-state index contributed by atoms with van der Waals surface area (Å²) in [6.45, 7) is 6.77. The third-order valence-electron chi connectivity index (χ3n) is 5.24. The number of amides is 1. The summed E-state index contributed by atoms with van der Waals surface area (Å²) in [5.74, 6) is 0.891. The predicted molar refractivity (Wildman–Crippen MR) is 113 cm³/mol. The molecule has 4 rings (SSSR count). The number of fused-ring (bicyclic) bond motifs is 1. The van der Waals surface area contributed by atoms with Gasteiger partial charge in [-0.2, -0.15) is 0 Å². The molecule has 0 radical (unpaired) electrons. The summed E-state index contributed by atoms with van der Waals surface area (Å²) in [6, 6.07) is 10.0. The van der Waals surface area contributed by atoms with Gasteiger partial charge < -0.3 is 14.5 Å². The summed E-state index contributed by atoms with van der Waals surface area (Å²) in [5.41, 5.74) is 4.35. The number of ether oxygens (including phenoxy) is 1. The van der Waals surface area contributed by atoms with Crippen molar-refractivity contribution in [3.63, 3.8) is 0 Å². The van der Waals surface area contributed by atoms with Crippen molar-refractivity contribution in [2.24, 2.45) is 0 Å². The molecular weight excluding hydrogens is 420 g/mol. The maximum Gasteiger partial charge on any atom is 0.272 e. The number of rotatable bonds is 3. The van der Waals surface area contributed by atoms with Gasteiger partial charge in [0.25, 0.3) is 5.91 Å². The average Bonchev–Trinajstić information content (AvgIpc) is 3.03. The van der Waals surface area contributed by atoms with E-state index in [0.717, 1.165) is 45.9 Å². The first-order chi connectivity index (χ1) is 13.5. The zero-order valence-corrected chi connectivity index (χ0v) is 17.9. The quantitative estimate of drug-likeness (QED) is 0.620. The Morgan fingerprint density at radius 1 is 1.14 bits per heavy atom. The van der Waals surface area contributed by atoms with Crippen molar-refractivity contribution in [1.29, 1.82) is 0 Å². The first-order valence-corrected chi connectivity index (χ1v) is 10.1. The molecule has 0 atom stereocenters. The number of benzene rings is 1. The molecule has 1 aliphatic rings. The van der Waals surface area contributed by atoms with Crippen LogP contribution in [0.1, 0.15) is 21.7 Å². The van der Waals surface area contributed by atoms with Crippen molar-refractivity contribution in [1.82, 2.24) is 14.3 Å². The Morgan fingerprint density at radius 2 is 1.86 bits per heavy atom. The van der Waals surface area contributed by atoms with Gasteiger partial charge in [-0.1, -0.05) is 12.1 Å². The second-order valence-electron chi connectivity index (χ2n) is 7.03. The van der Waals surface area contributed by atoms with Crippen LogP contribution in [0.15, 0.2) is 41.0 Å². The molecule has 146 valence electrons. The van der Waals surface area contributed by atoms with Crippen molar-refractivity contribution >= 4 is 33.2 Å². The van der Waals surface area contributed by atoms with Gasteiger partial charge >= 0.3 is 0 Å². The lowest BCUT2D eigenvalue weighted by Crippen LogP contribution is -2.49. The molecular formula is C21H23BrN4O2. The van der Waals surface area contributed by atoms with Crippen molar-refractivity contribution in [3.05, 3.63) is 58.0 Å². The number of methoxy groups -OCH3 is 1. The number of pyridine rings is 1. The Bertz CT molecular complexity index is 1040. The minimum Gasteiger partial charge on any atom is -0.495 e. The van der Waals surface area contributed by atoms with Gasteiger partial charge in [0.1, 0.15) is 17.1 Å². The topological polar surface area (TPSA) is 50.1 Å². The van der Waals surface area contributed by atoms with Gasteiger partial charge in [0.2, 0.25) is 0 Å². The van der Waals surface area contributed by atoms with Crippen LogP contribution in [0.25, 0.3) is 5.65 Å². The van der Waals surface area contributed by atoms with Crippen LogP contribution in [0.3, 0.4) is 0 Å². The zero-order valence-electron chi connectivity index (χ0n) is 16.3. The SMILES string of the molecule is COc1ccccc1N1CCN(C(=O)c2c(C)nc3c(C)cc(Br)cn23)CC1. The number of carbonyl (C=O) groups is 1. The van der Waals surface area contributed by atoms with E-state index in [1.165, 1.54) is 0 Å². The van der Waals surface area contributed by atoms with Crippen LogP contribution in [0, 0.1) is 13.8 Å². The van der Waals surface area contributed by atoms with E-state index in [-0.39, 0.29) is 5.91 Å². The van der Waals surface area contributed by atoms with E-state index in [0.29, 0.717) is 18.8 Å². The van der Waals surface area contributed by atoms with Crippen molar-refractivity contribution < 1.29 is 9.53 Å². The molecule has 1 fully saturated rings. The average molecular weight is 443 g/mol. The third kappa shape index (κ3) is 3.24. The van der Waals surface area contributed by atoms with Crippen LogP contribution in [-0.2, 0) is 0 Å². The number of hydrogen-bond acceptors (Lipinski definition) is 4. The zero-order chi connectivity index (χ0) is 19.8. The monoisotopic (exact) mass is 442 g/mol. The predicted octanol–water partition coefficient (Wildman–Crippen LogP) is 3.68. The molecule has 0 unspecified atom stereocenters. The highest BCUT2D eigenvalue weighted by molar-refractivity contribution is 9.10. The molecule has 1 aromatic carbocycles. The Labute approximate surface area is 172 Å². The minimum absolute atomic E-state index is 0.0298. The van der Waals surface area contributed by atoms with E-state index in [2.05, 4.69) is 31.9 Å². The number of nitrogens with zero attached hydrogens (tertiary/aromatic N) is 4. The Morgan fingerprint density at radius 3 is 2.57 bits per heavy atom. The van der Waals surface area contributed by atoms with Gasteiger partial charge in [-0.3, -0.25) is 9.20 Å². The van der Waals surface area contributed by atoms with Gasteiger partial charge in [-0.15, -0.1) is 0 Å². The lowest BCUT2D eigenvalue weighted by molar-refractivity contribution is 0.0739. The second-order valence-corrected chi connectivity index (χ2v) is 7.95. The van der Waals surface area contributed by atoms with Gasteiger partial charge in [0.15, 0.2) is 0 Å². The molecule has 0 saturated carbocycles. The van der Waals surface area contributed by atoms with Crippen molar-refractivity contribution in [2.45, 2.75) is 13.8 Å². The Hall–Kier alpha value is -2.54. The Kier molecular flexibility index (Phi) is 5.02. The number of halogens is 1. The van der Waals surface area contributed by atoms with E-state index in [1.54, 1.807) is 7.11 Å². The standard InChI is InChI=1S/C21H23BrN4O2/c1-14-12-16(22)13-26-19(15(2)23-20(14)26)21(27)25-10-8-24(9-11-25)17-6-4-5-7-18(17)28-3/h4-7,12-13H,8-11H2,1-3H3. The third-order valence-corrected chi connectivity index (χ3v) is 5.67. The van der Waals surface area contributed by atoms with Crippen molar-refractivity contribution in [3.8, 4) is 5.75 Å². The summed E-state index contributed by atoms with van der Waals surface area (Å²) in [5, 5.41) is 0. The van der Waals surface area contributed by atoms with Crippen LogP contribution in [0.5, 0.6) is 5.75 Å². The number of anilines is 1. The maximum absolute atomic E-state index is 13.3. The molecule has 3 heterocycles. The highest BCUT2D eigenvalue weighted by Crippen LogP contribution is 2.29. The van der Waals surface area contributed by atoms with Gasteiger partial charge in [0.05, 0.1) is 18.5 Å². The first-order valence-electron chi connectivity index (χ1n) is 9.31. The van der Waals surface area contributed by atoms with E-state index in [9.17, 15) is 4.79 Å². The fourth-order valence-electron chi connectivity index (χ4n) is 3.83. The smallest absolute Gasteiger partial charge is 0.272 e. The largest absolute Gasteiger partial charge is 0.495 e. The number of para-hydroxylation sites is 2. The highest BCUT2D eigenvalue weighted by atomic mass is 79.9. The number of hydrogen-bond donors (Lipinski definition) is 0. The number of piperazine rings is 1. The highest BCUT2D eigenvalue weighted by Gasteiger charge is 2.27. The number of aromatic nitrogens is 2. The normalized spacial score (nSPS) is 14.6. The summed E-state index contributed by atoms with van der Waals surface area (Å²) in [7, 11) is 1.69. The fourth-order valence-corrected chi connectivity index (χ4v) is 4.38. The molecule has 0 bridgehead atoms. The molecule has 7 heteroatoms. The number of imidazole rings is 1. The summed E-state index contributed by atoms with van der Waals surface area (Å²) in [6.07, 6.45) is 1.92. The van der Waals surface area contributed by atoms with Gasteiger partial charge in [-0.25, -0.2) is 4.98 Å². The maximum atomic E-state index is 13.3. The van der Waals surface area contributed by atoms with Crippen LogP contribution in [-0.4, -0.2) is 53.5 Å². The molecule has 6 nitrogen and oxygen atoms in total. The molecule has 0 N–H and O–H groups in total. The Balaban J connectivity index is 1.57. The molecule has 0 spiro atoms. The molecule has 1 saturated heterocycles. The van der Waals surface area contributed by atoms with Crippen molar-refractivity contribution in [2.75, 3.05) is 38.2 Å². The summed E-state index contributed by atoms with van der Waals surface area (Å²) < 4.78 is 8.32. The lowest BCUT2D eigenvalue weighted by atomic mass is 10.2. The van der Waals surface area contributed by atoms with E-state index < -0.39 is 0 Å². The van der Waals surface area contributed by atoms with Crippen LogP contribution in [0.4, 0.5) is 5.69 Å². The summed E-state index contributed by atoms with van der Waals surface area (Å²) in [4.78, 5) is 22.1.